The van der Waals surface area contributed by atoms with Crippen LogP contribution in [0.15, 0.2) is 29.6 Å². The first kappa shape index (κ1) is 15.6. The van der Waals surface area contributed by atoms with Gasteiger partial charge in [0.15, 0.2) is 17.5 Å². The van der Waals surface area contributed by atoms with Crippen LogP contribution in [0.25, 0.3) is 0 Å². The molecule has 2 aromatic rings. The fourth-order valence-corrected chi connectivity index (χ4v) is 2.61. The summed E-state index contributed by atoms with van der Waals surface area (Å²) in [6.45, 7) is 3.96. The Morgan fingerprint density at radius 3 is 2.33 bits per heavy atom. The standard InChI is InChI=1S/C15H14F3NOS/c1-9(2)19(8-11-4-3-5-21-11)15(20)10-6-12(16)14(18)13(17)7-10/h3-7,9H,8H2,1-2H3. The summed E-state index contributed by atoms with van der Waals surface area (Å²) in [5.41, 5.74) is -0.198. The monoisotopic (exact) mass is 313 g/mol. The Bertz CT molecular complexity index is 617. The van der Waals surface area contributed by atoms with Gasteiger partial charge < -0.3 is 4.90 Å². The van der Waals surface area contributed by atoms with E-state index in [0.29, 0.717) is 6.54 Å². The topological polar surface area (TPSA) is 20.3 Å². The first-order valence-electron chi connectivity index (χ1n) is 6.38. The van der Waals surface area contributed by atoms with Crippen molar-refractivity contribution < 1.29 is 18.0 Å². The summed E-state index contributed by atoms with van der Waals surface area (Å²) < 4.78 is 39.5. The van der Waals surface area contributed by atoms with Gasteiger partial charge in [0.2, 0.25) is 0 Å². The summed E-state index contributed by atoms with van der Waals surface area (Å²) in [7, 11) is 0. The highest BCUT2D eigenvalue weighted by molar-refractivity contribution is 7.09. The van der Waals surface area contributed by atoms with E-state index in [1.165, 1.54) is 16.2 Å². The Balaban J connectivity index is 2.30. The Morgan fingerprint density at radius 1 is 1.24 bits per heavy atom. The second kappa shape index (κ2) is 6.30. The SMILES string of the molecule is CC(C)N(Cc1cccs1)C(=O)c1cc(F)c(F)c(F)c1. The third kappa shape index (κ3) is 3.44. The van der Waals surface area contributed by atoms with Crippen molar-refractivity contribution in [3.05, 3.63) is 57.5 Å². The number of rotatable bonds is 4. The van der Waals surface area contributed by atoms with Gasteiger partial charge in [-0.15, -0.1) is 11.3 Å². The molecule has 0 atom stereocenters. The number of benzene rings is 1. The average molecular weight is 313 g/mol. The van der Waals surface area contributed by atoms with Crippen LogP contribution in [0.5, 0.6) is 0 Å². The molecule has 2 rings (SSSR count). The first-order chi connectivity index (χ1) is 9.90. The molecule has 0 saturated heterocycles. The fourth-order valence-electron chi connectivity index (χ4n) is 1.90. The Labute approximate surface area is 124 Å². The van der Waals surface area contributed by atoms with Crippen LogP contribution in [-0.4, -0.2) is 16.8 Å². The maximum absolute atomic E-state index is 13.3. The second-order valence-corrected chi connectivity index (χ2v) is 5.89. The van der Waals surface area contributed by atoms with Gasteiger partial charge in [0.1, 0.15) is 0 Å². The van der Waals surface area contributed by atoms with Crippen molar-refractivity contribution in [3.8, 4) is 0 Å². The summed E-state index contributed by atoms with van der Waals surface area (Å²) >= 11 is 1.49. The lowest BCUT2D eigenvalue weighted by Gasteiger charge is -2.26. The number of hydrogen-bond acceptors (Lipinski definition) is 2. The van der Waals surface area contributed by atoms with Crippen LogP contribution in [0.4, 0.5) is 13.2 Å². The van der Waals surface area contributed by atoms with Crippen molar-refractivity contribution in [2.24, 2.45) is 0 Å². The van der Waals surface area contributed by atoms with E-state index in [1.54, 1.807) is 0 Å². The highest BCUT2D eigenvalue weighted by Crippen LogP contribution is 2.19. The number of amides is 1. The molecule has 0 aliphatic heterocycles. The molecule has 0 aliphatic rings. The third-order valence-electron chi connectivity index (χ3n) is 3.02. The lowest BCUT2D eigenvalue weighted by molar-refractivity contribution is 0.0691. The molecular weight excluding hydrogens is 299 g/mol. The smallest absolute Gasteiger partial charge is 0.254 e. The number of hydrogen-bond donors (Lipinski definition) is 0. The predicted octanol–water partition coefficient (Wildman–Crippen LogP) is 4.22. The molecule has 21 heavy (non-hydrogen) atoms. The average Bonchev–Trinajstić information content (AvgIpc) is 2.93. The molecule has 0 radical (unpaired) electrons. The number of carbonyl (C=O) groups excluding carboxylic acids is 1. The van der Waals surface area contributed by atoms with E-state index in [9.17, 15) is 18.0 Å². The third-order valence-corrected chi connectivity index (χ3v) is 3.88. The van der Waals surface area contributed by atoms with E-state index in [2.05, 4.69) is 0 Å². The normalized spacial score (nSPS) is 11.0. The summed E-state index contributed by atoms with van der Waals surface area (Å²) in [5, 5.41) is 1.88. The van der Waals surface area contributed by atoms with Crippen LogP contribution in [0.3, 0.4) is 0 Å². The van der Waals surface area contributed by atoms with E-state index < -0.39 is 23.4 Å². The zero-order valence-corrected chi connectivity index (χ0v) is 12.4. The largest absolute Gasteiger partial charge is 0.331 e. The lowest BCUT2D eigenvalue weighted by Crippen LogP contribution is -2.36. The number of thiophene rings is 1. The minimum atomic E-state index is -1.57. The molecule has 0 unspecified atom stereocenters. The summed E-state index contributed by atoms with van der Waals surface area (Å²) in [5.74, 6) is -4.83. The van der Waals surface area contributed by atoms with Gasteiger partial charge in [-0.3, -0.25) is 4.79 Å². The molecule has 112 valence electrons. The molecule has 1 heterocycles. The van der Waals surface area contributed by atoms with E-state index in [1.807, 2.05) is 31.4 Å². The van der Waals surface area contributed by atoms with Crippen molar-refractivity contribution in [1.82, 2.24) is 4.90 Å². The van der Waals surface area contributed by atoms with Crippen LogP contribution in [-0.2, 0) is 6.54 Å². The Morgan fingerprint density at radius 2 is 1.86 bits per heavy atom. The summed E-state index contributed by atoms with van der Waals surface area (Å²) in [6.07, 6.45) is 0. The molecule has 6 heteroatoms. The molecule has 0 saturated carbocycles. The van der Waals surface area contributed by atoms with Crippen molar-refractivity contribution in [2.45, 2.75) is 26.4 Å². The maximum atomic E-state index is 13.3. The van der Waals surface area contributed by atoms with E-state index in [0.717, 1.165) is 17.0 Å². The van der Waals surface area contributed by atoms with Crippen LogP contribution < -0.4 is 0 Å². The summed E-state index contributed by atoms with van der Waals surface area (Å²) in [4.78, 5) is 14.8. The first-order valence-corrected chi connectivity index (χ1v) is 7.26. The molecule has 1 aromatic carbocycles. The number of carbonyl (C=O) groups is 1. The van der Waals surface area contributed by atoms with E-state index >= 15 is 0 Å². The van der Waals surface area contributed by atoms with Crippen LogP contribution >= 0.6 is 11.3 Å². The van der Waals surface area contributed by atoms with Gasteiger partial charge in [-0.1, -0.05) is 6.07 Å². The van der Waals surface area contributed by atoms with Gasteiger partial charge in [-0.05, 0) is 37.4 Å². The highest BCUT2D eigenvalue weighted by Gasteiger charge is 2.22. The van der Waals surface area contributed by atoms with Gasteiger partial charge in [-0.25, -0.2) is 13.2 Å². The lowest BCUT2D eigenvalue weighted by atomic mass is 10.1. The quantitative estimate of drug-likeness (QED) is 0.774. The highest BCUT2D eigenvalue weighted by atomic mass is 32.1. The summed E-state index contributed by atoms with van der Waals surface area (Å²) in [6, 6.07) is 5.03. The molecule has 0 bridgehead atoms. The molecular formula is C15H14F3NOS. The van der Waals surface area contributed by atoms with Gasteiger partial charge in [0.25, 0.3) is 5.91 Å². The van der Waals surface area contributed by atoms with Crippen molar-refractivity contribution >= 4 is 17.2 Å². The molecule has 0 spiro atoms. The van der Waals surface area contributed by atoms with Crippen LogP contribution in [0, 0.1) is 17.5 Å². The van der Waals surface area contributed by atoms with Gasteiger partial charge in [0.05, 0.1) is 6.54 Å². The zero-order valence-electron chi connectivity index (χ0n) is 11.6. The Hall–Kier alpha value is -1.82. The number of halogens is 3. The Kier molecular flexibility index (Phi) is 4.67. The number of nitrogens with zero attached hydrogens (tertiary/aromatic N) is 1. The fraction of sp³-hybridized carbons (Fsp3) is 0.267. The second-order valence-electron chi connectivity index (χ2n) is 4.86. The molecule has 1 amide bonds. The van der Waals surface area contributed by atoms with E-state index in [4.69, 9.17) is 0 Å². The van der Waals surface area contributed by atoms with Crippen molar-refractivity contribution in [2.75, 3.05) is 0 Å². The predicted molar refractivity (Wildman–Crippen MR) is 75.6 cm³/mol. The van der Waals surface area contributed by atoms with Crippen LogP contribution in [0.1, 0.15) is 29.1 Å². The maximum Gasteiger partial charge on any atom is 0.254 e. The molecule has 1 aromatic heterocycles. The zero-order chi connectivity index (χ0) is 15.6. The van der Waals surface area contributed by atoms with Gasteiger partial charge in [0, 0.05) is 16.5 Å². The molecule has 0 aliphatic carbocycles. The minimum absolute atomic E-state index is 0.157. The van der Waals surface area contributed by atoms with Crippen LogP contribution in [0.2, 0.25) is 0 Å². The molecule has 0 N–H and O–H groups in total. The van der Waals surface area contributed by atoms with Gasteiger partial charge >= 0.3 is 0 Å². The minimum Gasteiger partial charge on any atom is -0.331 e. The van der Waals surface area contributed by atoms with Gasteiger partial charge in [-0.2, -0.15) is 0 Å². The molecule has 2 nitrogen and oxygen atoms in total. The van der Waals surface area contributed by atoms with Crippen molar-refractivity contribution in [1.29, 1.82) is 0 Å². The van der Waals surface area contributed by atoms with Crippen molar-refractivity contribution in [3.63, 3.8) is 0 Å². The molecule has 0 fully saturated rings. The van der Waals surface area contributed by atoms with E-state index in [-0.39, 0.29) is 11.6 Å².